The van der Waals surface area contributed by atoms with Crippen molar-refractivity contribution in [2.75, 3.05) is 19.6 Å². The maximum Gasteiger partial charge on any atom is 0.317 e. The molecular weight excluding hydrogens is 384 g/mol. The first-order valence-electron chi connectivity index (χ1n) is 11.3. The van der Waals surface area contributed by atoms with Crippen molar-refractivity contribution in [1.82, 2.24) is 9.88 Å². The Bertz CT molecular complexity index is 1030. The van der Waals surface area contributed by atoms with Gasteiger partial charge in [0.25, 0.3) is 0 Å². The van der Waals surface area contributed by atoms with E-state index in [1.165, 1.54) is 38.9 Å². The quantitative estimate of drug-likeness (QED) is 0.504. The van der Waals surface area contributed by atoms with Crippen molar-refractivity contribution < 1.29 is 9.90 Å². The third-order valence-electron chi connectivity index (χ3n) is 5.99. The van der Waals surface area contributed by atoms with Gasteiger partial charge in [0.2, 0.25) is 0 Å². The third kappa shape index (κ3) is 5.56. The number of aromatic amines is 1. The van der Waals surface area contributed by atoms with Gasteiger partial charge in [0.15, 0.2) is 0 Å². The second-order valence-electron chi connectivity index (χ2n) is 9.49. The van der Waals surface area contributed by atoms with Gasteiger partial charge in [0, 0.05) is 16.6 Å². The molecule has 1 aromatic carbocycles. The minimum absolute atomic E-state index is 0.145. The lowest BCUT2D eigenvalue weighted by Crippen LogP contribution is -2.36. The van der Waals surface area contributed by atoms with Gasteiger partial charge in [-0.25, -0.2) is 0 Å². The van der Waals surface area contributed by atoms with Crippen LogP contribution >= 0.6 is 0 Å². The van der Waals surface area contributed by atoms with Gasteiger partial charge in [-0.15, -0.1) is 0 Å². The lowest BCUT2D eigenvalue weighted by atomic mass is 9.87. The average molecular weight is 421 g/mol. The van der Waals surface area contributed by atoms with Gasteiger partial charge in [0.05, 0.1) is 6.54 Å². The average Bonchev–Trinajstić information content (AvgIpc) is 3.06. The second kappa shape index (κ2) is 9.69. The summed E-state index contributed by atoms with van der Waals surface area (Å²) in [6.07, 6.45) is 6.39. The minimum atomic E-state index is -0.740. The van der Waals surface area contributed by atoms with Crippen molar-refractivity contribution in [3.8, 4) is 0 Å². The van der Waals surface area contributed by atoms with Crippen molar-refractivity contribution in [1.29, 1.82) is 0 Å². The maximum absolute atomic E-state index is 11.0. The van der Waals surface area contributed by atoms with Crippen LogP contribution < -0.4 is 0 Å². The van der Waals surface area contributed by atoms with Gasteiger partial charge in [-0.1, -0.05) is 49.8 Å². The fraction of sp³-hybridized carbons (Fsp3) is 0.444. The first-order chi connectivity index (χ1) is 14.7. The predicted molar refractivity (Wildman–Crippen MR) is 131 cm³/mol. The predicted octanol–water partition coefficient (Wildman–Crippen LogP) is 6.48. The zero-order valence-corrected chi connectivity index (χ0v) is 19.6. The standard InChI is InChI=1S/C27H36N2O2/c1-17(2)13-22(14-18(3)4)27-26(19(5)6)23-15-21(7-8-24(23)28-27)20-9-11-29(12-10-20)16-25(30)31/h7-8,13-15,19-20,28H,1,9-12,16H2,2-6H3,(H,30,31)/b22-13+. The first kappa shape index (κ1) is 23.1. The molecule has 0 spiro atoms. The number of carbonyl (C=O) groups is 1. The number of likely N-dealkylation sites (tertiary alicyclic amines) is 1. The fourth-order valence-corrected chi connectivity index (χ4v) is 4.69. The van der Waals surface area contributed by atoms with Crippen molar-refractivity contribution in [3.63, 3.8) is 0 Å². The van der Waals surface area contributed by atoms with E-state index in [0.29, 0.717) is 11.8 Å². The van der Waals surface area contributed by atoms with Crippen LogP contribution in [-0.2, 0) is 4.79 Å². The van der Waals surface area contributed by atoms with E-state index in [1.54, 1.807) is 0 Å². The van der Waals surface area contributed by atoms with E-state index in [4.69, 9.17) is 5.11 Å². The molecule has 0 saturated carbocycles. The number of carboxylic acids is 1. The summed E-state index contributed by atoms with van der Waals surface area (Å²) in [5.41, 5.74) is 8.54. The molecule has 0 radical (unpaired) electrons. The Morgan fingerprint density at radius 3 is 2.45 bits per heavy atom. The van der Waals surface area contributed by atoms with E-state index in [9.17, 15) is 4.79 Å². The van der Waals surface area contributed by atoms with Crippen LogP contribution in [0.4, 0.5) is 0 Å². The third-order valence-corrected chi connectivity index (χ3v) is 5.99. The molecule has 4 nitrogen and oxygen atoms in total. The molecule has 166 valence electrons. The number of benzene rings is 1. The molecule has 2 heterocycles. The molecule has 0 atom stereocenters. The number of nitrogens with one attached hydrogen (secondary N) is 1. The smallest absolute Gasteiger partial charge is 0.317 e. The molecule has 0 unspecified atom stereocenters. The van der Waals surface area contributed by atoms with Crippen molar-refractivity contribution in [2.24, 2.45) is 0 Å². The van der Waals surface area contributed by atoms with Crippen LogP contribution in [0.25, 0.3) is 16.5 Å². The Balaban J connectivity index is 2.00. The van der Waals surface area contributed by atoms with Gasteiger partial charge in [-0.3, -0.25) is 9.69 Å². The molecule has 1 fully saturated rings. The molecule has 4 heteroatoms. The fourth-order valence-electron chi connectivity index (χ4n) is 4.69. The maximum atomic E-state index is 11.0. The van der Waals surface area contributed by atoms with E-state index < -0.39 is 5.97 Å². The molecule has 2 N–H and O–H groups in total. The molecule has 1 aliphatic rings. The van der Waals surface area contributed by atoms with Crippen LogP contribution in [0.15, 0.2) is 48.1 Å². The van der Waals surface area contributed by atoms with Crippen LogP contribution in [-0.4, -0.2) is 40.6 Å². The van der Waals surface area contributed by atoms with Gasteiger partial charge < -0.3 is 10.1 Å². The summed E-state index contributed by atoms with van der Waals surface area (Å²) < 4.78 is 0. The summed E-state index contributed by atoms with van der Waals surface area (Å²) in [6, 6.07) is 6.82. The molecular formula is C27H36N2O2. The molecule has 1 aliphatic heterocycles. The highest BCUT2D eigenvalue weighted by atomic mass is 16.4. The number of aromatic nitrogens is 1. The summed E-state index contributed by atoms with van der Waals surface area (Å²) in [7, 11) is 0. The molecule has 3 rings (SSSR count). The van der Waals surface area contributed by atoms with Gasteiger partial charge >= 0.3 is 5.97 Å². The molecule has 31 heavy (non-hydrogen) atoms. The number of piperidine rings is 1. The van der Waals surface area contributed by atoms with Crippen LogP contribution in [0.2, 0.25) is 0 Å². The molecule has 0 amide bonds. The number of hydrogen-bond donors (Lipinski definition) is 2. The number of H-pyrrole nitrogens is 1. The molecule has 0 bridgehead atoms. The Morgan fingerprint density at radius 1 is 1.23 bits per heavy atom. The zero-order chi connectivity index (χ0) is 22.7. The highest BCUT2D eigenvalue weighted by molar-refractivity contribution is 5.92. The monoisotopic (exact) mass is 420 g/mol. The second-order valence-corrected chi connectivity index (χ2v) is 9.49. The summed E-state index contributed by atoms with van der Waals surface area (Å²) in [4.78, 5) is 16.7. The van der Waals surface area contributed by atoms with Crippen molar-refractivity contribution >= 4 is 22.4 Å². The minimum Gasteiger partial charge on any atom is -0.480 e. The number of rotatable bonds is 7. The summed E-state index contributed by atoms with van der Waals surface area (Å²) in [5, 5.41) is 10.3. The van der Waals surface area contributed by atoms with E-state index in [2.05, 4.69) is 69.6 Å². The normalized spacial score (nSPS) is 16.1. The van der Waals surface area contributed by atoms with Gasteiger partial charge in [-0.05, 0) is 87.4 Å². The Labute approximate surface area is 186 Å². The molecule has 1 aromatic heterocycles. The van der Waals surface area contributed by atoms with E-state index in [-0.39, 0.29) is 6.54 Å². The van der Waals surface area contributed by atoms with E-state index in [0.717, 1.165) is 31.5 Å². The van der Waals surface area contributed by atoms with E-state index in [1.807, 2.05) is 11.8 Å². The first-order valence-corrected chi connectivity index (χ1v) is 11.3. The number of aliphatic carboxylic acids is 1. The molecule has 1 saturated heterocycles. The van der Waals surface area contributed by atoms with Crippen LogP contribution in [0.3, 0.4) is 0 Å². The Morgan fingerprint density at radius 2 is 1.90 bits per heavy atom. The largest absolute Gasteiger partial charge is 0.480 e. The van der Waals surface area contributed by atoms with Gasteiger partial charge in [-0.2, -0.15) is 0 Å². The zero-order valence-electron chi connectivity index (χ0n) is 19.6. The van der Waals surface area contributed by atoms with Crippen LogP contribution in [0.5, 0.6) is 0 Å². The number of carboxylic acid groups (broad SMARTS) is 1. The van der Waals surface area contributed by atoms with Crippen LogP contribution in [0.1, 0.15) is 76.1 Å². The SMILES string of the molecule is C=C(C)/C=C(\C=C(C)C)c1[nH]c2ccc(C3CCN(CC(=O)O)CC3)cc2c1C(C)C. The highest BCUT2D eigenvalue weighted by Crippen LogP contribution is 2.37. The topological polar surface area (TPSA) is 56.3 Å². The lowest BCUT2D eigenvalue weighted by Gasteiger charge is -2.31. The lowest BCUT2D eigenvalue weighted by molar-refractivity contribution is -0.138. The summed E-state index contributed by atoms with van der Waals surface area (Å²) in [6.45, 7) is 16.7. The number of allylic oxidation sites excluding steroid dienone is 5. The number of nitrogens with zero attached hydrogens (tertiary/aromatic N) is 1. The Kier molecular flexibility index (Phi) is 7.22. The molecule has 0 aliphatic carbocycles. The number of hydrogen-bond acceptors (Lipinski definition) is 2. The van der Waals surface area contributed by atoms with Crippen molar-refractivity contribution in [3.05, 3.63) is 64.9 Å². The van der Waals surface area contributed by atoms with Crippen molar-refractivity contribution in [2.45, 2.75) is 59.3 Å². The van der Waals surface area contributed by atoms with E-state index >= 15 is 0 Å². The highest BCUT2D eigenvalue weighted by Gasteiger charge is 2.23. The Hall–Kier alpha value is -2.59. The van der Waals surface area contributed by atoms with Crippen LogP contribution in [0, 0.1) is 0 Å². The summed E-state index contributed by atoms with van der Waals surface area (Å²) >= 11 is 0. The molecule has 2 aromatic rings. The number of fused-ring (bicyclic) bond motifs is 1. The summed E-state index contributed by atoms with van der Waals surface area (Å²) in [5.74, 6) is 0.128. The van der Waals surface area contributed by atoms with Gasteiger partial charge in [0.1, 0.15) is 0 Å².